The summed E-state index contributed by atoms with van der Waals surface area (Å²) in [5, 5.41) is 3.93. The SMILES string of the molecule is CO/N=C/c1cccc(C23CCC(N(CCCN4CCN(C)CC4)c4nc5cc(F)c(F)cc5[nH]4)CC2C3)c1. The zero-order valence-corrected chi connectivity index (χ0v) is 22.9. The highest BCUT2D eigenvalue weighted by Gasteiger charge is 2.58. The Morgan fingerprint density at radius 3 is 2.79 bits per heavy atom. The number of nitrogens with one attached hydrogen (secondary N) is 1. The second-order valence-electron chi connectivity index (χ2n) is 11.6. The molecule has 0 radical (unpaired) electrons. The van der Waals surface area contributed by atoms with Crippen LogP contribution in [0.2, 0.25) is 0 Å². The van der Waals surface area contributed by atoms with Gasteiger partial charge in [0.05, 0.1) is 17.2 Å². The van der Waals surface area contributed by atoms with Gasteiger partial charge in [0.1, 0.15) is 7.11 Å². The molecule has 3 aromatic rings. The maximum atomic E-state index is 13.9. The lowest BCUT2D eigenvalue weighted by atomic mass is 9.80. The minimum absolute atomic E-state index is 0.235. The minimum Gasteiger partial charge on any atom is -0.399 e. The molecule has 2 saturated carbocycles. The summed E-state index contributed by atoms with van der Waals surface area (Å²) in [6.07, 6.45) is 7.24. The van der Waals surface area contributed by atoms with Crippen LogP contribution in [0.4, 0.5) is 14.7 Å². The number of benzene rings is 2. The smallest absolute Gasteiger partial charge is 0.204 e. The molecule has 0 spiro atoms. The molecule has 0 amide bonds. The summed E-state index contributed by atoms with van der Waals surface area (Å²) in [5.41, 5.74) is 3.70. The summed E-state index contributed by atoms with van der Waals surface area (Å²) in [5.74, 6) is -0.368. The van der Waals surface area contributed by atoms with Gasteiger partial charge in [-0.25, -0.2) is 13.8 Å². The summed E-state index contributed by atoms with van der Waals surface area (Å²) in [6, 6.07) is 11.4. The first-order valence-electron chi connectivity index (χ1n) is 14.1. The molecule has 1 saturated heterocycles. The van der Waals surface area contributed by atoms with Crippen LogP contribution in [0.15, 0.2) is 41.6 Å². The van der Waals surface area contributed by atoms with Gasteiger partial charge in [0, 0.05) is 50.9 Å². The molecule has 3 aliphatic rings. The Bertz CT molecular complexity index is 1300. The molecule has 0 bridgehead atoms. The van der Waals surface area contributed by atoms with Crippen LogP contribution in [-0.2, 0) is 10.3 Å². The highest BCUT2D eigenvalue weighted by molar-refractivity contribution is 5.79. The second kappa shape index (κ2) is 10.8. The maximum absolute atomic E-state index is 13.9. The Morgan fingerprint density at radius 1 is 1.18 bits per heavy atom. The van der Waals surface area contributed by atoms with Gasteiger partial charge in [-0.15, -0.1) is 0 Å². The first-order valence-corrected chi connectivity index (χ1v) is 14.1. The van der Waals surface area contributed by atoms with Gasteiger partial charge in [0.15, 0.2) is 11.6 Å². The van der Waals surface area contributed by atoms with E-state index >= 15 is 0 Å². The fourth-order valence-corrected chi connectivity index (χ4v) is 6.81. The van der Waals surface area contributed by atoms with E-state index in [0.717, 1.165) is 76.5 Å². The summed E-state index contributed by atoms with van der Waals surface area (Å²) >= 11 is 0. The molecule has 1 N–H and O–H groups in total. The number of anilines is 1. The van der Waals surface area contributed by atoms with Crippen molar-refractivity contribution in [3.05, 3.63) is 59.2 Å². The van der Waals surface area contributed by atoms with Gasteiger partial charge in [0.2, 0.25) is 5.95 Å². The molecule has 2 aliphatic carbocycles. The van der Waals surface area contributed by atoms with Crippen LogP contribution in [-0.4, -0.2) is 85.5 Å². The van der Waals surface area contributed by atoms with Gasteiger partial charge in [-0.1, -0.05) is 23.4 Å². The first kappa shape index (κ1) is 26.2. The third kappa shape index (κ3) is 5.39. The maximum Gasteiger partial charge on any atom is 0.204 e. The van der Waals surface area contributed by atoms with Crippen LogP contribution >= 0.6 is 0 Å². The lowest BCUT2D eigenvalue weighted by Gasteiger charge is -2.38. The van der Waals surface area contributed by atoms with Crippen molar-refractivity contribution in [1.82, 2.24) is 19.8 Å². The predicted molar refractivity (Wildman–Crippen MR) is 150 cm³/mol. The number of rotatable bonds is 9. The average Bonchev–Trinajstić information content (AvgIpc) is 3.56. The van der Waals surface area contributed by atoms with Crippen molar-refractivity contribution in [2.45, 2.75) is 43.6 Å². The van der Waals surface area contributed by atoms with Gasteiger partial charge >= 0.3 is 0 Å². The Morgan fingerprint density at radius 2 is 2.00 bits per heavy atom. The normalized spacial score (nSPS) is 25.7. The molecule has 39 heavy (non-hydrogen) atoms. The fraction of sp³-hybridized carbons (Fsp3) is 0.533. The van der Waals surface area contributed by atoms with Gasteiger partial charge < -0.3 is 24.5 Å². The number of halogens is 2. The zero-order valence-electron chi connectivity index (χ0n) is 22.9. The van der Waals surface area contributed by atoms with E-state index in [1.54, 1.807) is 13.3 Å². The molecule has 6 rings (SSSR count). The molecule has 7 nitrogen and oxygen atoms in total. The number of hydrogen-bond acceptors (Lipinski definition) is 6. The molecule has 9 heteroatoms. The van der Waals surface area contributed by atoms with E-state index in [9.17, 15) is 8.78 Å². The molecule has 3 unspecified atom stereocenters. The first-order chi connectivity index (χ1) is 18.9. The number of likely N-dealkylation sites (N-methyl/N-ethyl adjacent to an activating group) is 1. The van der Waals surface area contributed by atoms with Crippen molar-refractivity contribution < 1.29 is 13.6 Å². The molecule has 3 fully saturated rings. The number of imidazole rings is 1. The van der Waals surface area contributed by atoms with Crippen molar-refractivity contribution >= 4 is 23.2 Å². The van der Waals surface area contributed by atoms with Crippen molar-refractivity contribution in [3.8, 4) is 0 Å². The highest BCUT2D eigenvalue weighted by Crippen LogP contribution is 2.63. The molecule has 1 aliphatic heterocycles. The number of aromatic amines is 1. The van der Waals surface area contributed by atoms with Crippen LogP contribution in [0.1, 0.15) is 43.2 Å². The largest absolute Gasteiger partial charge is 0.399 e. The van der Waals surface area contributed by atoms with Gasteiger partial charge in [-0.05, 0) is 74.2 Å². The molecule has 208 valence electrons. The van der Waals surface area contributed by atoms with Crippen molar-refractivity contribution in [1.29, 1.82) is 0 Å². The van der Waals surface area contributed by atoms with Crippen LogP contribution in [0.25, 0.3) is 11.0 Å². The summed E-state index contributed by atoms with van der Waals surface area (Å²) in [7, 11) is 3.74. The third-order valence-electron chi connectivity index (χ3n) is 9.17. The van der Waals surface area contributed by atoms with Crippen LogP contribution in [0, 0.1) is 17.6 Å². The van der Waals surface area contributed by atoms with Crippen LogP contribution < -0.4 is 4.90 Å². The van der Waals surface area contributed by atoms with E-state index in [1.165, 1.54) is 24.1 Å². The fourth-order valence-electron chi connectivity index (χ4n) is 6.81. The number of aromatic nitrogens is 2. The van der Waals surface area contributed by atoms with E-state index < -0.39 is 11.6 Å². The van der Waals surface area contributed by atoms with E-state index in [2.05, 4.69) is 56.2 Å². The molecule has 3 atom stereocenters. The summed E-state index contributed by atoms with van der Waals surface area (Å²) in [6.45, 7) is 6.32. The van der Waals surface area contributed by atoms with Gasteiger partial charge in [-0.3, -0.25) is 0 Å². The average molecular weight is 537 g/mol. The third-order valence-corrected chi connectivity index (χ3v) is 9.17. The standard InChI is InChI=1S/C30H38F2N6O/c1-36-11-13-37(14-12-36)9-4-10-38(29-34-27-17-25(31)26(32)18-28(27)35-29)24-7-8-30(19-23(30)16-24)22-6-3-5-21(15-22)20-33-39-2/h3,5-6,15,17-18,20,23-24H,4,7-14,16,19H2,1-2H3,(H,34,35)/b33-20+. The van der Waals surface area contributed by atoms with Gasteiger partial charge in [-0.2, -0.15) is 0 Å². The number of piperazine rings is 1. The van der Waals surface area contributed by atoms with E-state index in [4.69, 9.17) is 9.82 Å². The van der Waals surface area contributed by atoms with E-state index in [-0.39, 0.29) is 5.41 Å². The summed E-state index contributed by atoms with van der Waals surface area (Å²) < 4.78 is 27.9. The lowest BCUT2D eigenvalue weighted by Crippen LogP contribution is -2.46. The Labute approximate surface area is 228 Å². The number of nitrogens with zero attached hydrogens (tertiary/aromatic N) is 5. The van der Waals surface area contributed by atoms with Gasteiger partial charge in [0.25, 0.3) is 0 Å². The molecular formula is C30H38F2N6O. The lowest BCUT2D eigenvalue weighted by molar-refractivity contribution is 0.153. The molecular weight excluding hydrogens is 498 g/mol. The van der Waals surface area contributed by atoms with E-state index in [0.29, 0.717) is 23.0 Å². The predicted octanol–water partition coefficient (Wildman–Crippen LogP) is 4.78. The quantitative estimate of drug-likeness (QED) is 0.315. The molecule has 2 heterocycles. The Balaban J connectivity index is 1.19. The molecule has 1 aromatic heterocycles. The Kier molecular flexibility index (Phi) is 7.29. The molecule has 2 aromatic carbocycles. The number of H-pyrrole nitrogens is 1. The number of oxime groups is 1. The number of fused-ring (bicyclic) bond motifs is 2. The second-order valence-corrected chi connectivity index (χ2v) is 11.6. The highest BCUT2D eigenvalue weighted by atomic mass is 19.2. The minimum atomic E-state index is -0.861. The van der Waals surface area contributed by atoms with Crippen molar-refractivity contribution in [2.24, 2.45) is 11.1 Å². The van der Waals surface area contributed by atoms with Crippen LogP contribution in [0.5, 0.6) is 0 Å². The summed E-state index contributed by atoms with van der Waals surface area (Å²) in [4.78, 5) is 20.2. The van der Waals surface area contributed by atoms with E-state index in [1.807, 2.05) is 0 Å². The topological polar surface area (TPSA) is 60.0 Å². The van der Waals surface area contributed by atoms with Crippen LogP contribution in [0.3, 0.4) is 0 Å². The van der Waals surface area contributed by atoms with Crippen molar-refractivity contribution in [2.75, 3.05) is 58.3 Å². The number of hydrogen-bond donors (Lipinski definition) is 1. The Hall–Kier alpha value is -3.04. The monoisotopic (exact) mass is 536 g/mol. The van der Waals surface area contributed by atoms with Crippen molar-refractivity contribution in [3.63, 3.8) is 0 Å². The zero-order chi connectivity index (χ0) is 27.0.